The van der Waals surface area contributed by atoms with Crippen molar-refractivity contribution in [2.75, 3.05) is 0 Å². The smallest absolute Gasteiger partial charge is 0.177 e. The molecule has 7 heteroatoms. The van der Waals surface area contributed by atoms with Crippen molar-refractivity contribution in [1.29, 1.82) is 0 Å². The summed E-state index contributed by atoms with van der Waals surface area (Å²) >= 11 is 6.24. The van der Waals surface area contributed by atoms with Crippen LogP contribution in [0.2, 0.25) is 0 Å². The molecule has 3 aromatic heterocycles. The van der Waals surface area contributed by atoms with E-state index in [1.165, 1.54) is 0 Å². The molecule has 0 saturated carbocycles. The summed E-state index contributed by atoms with van der Waals surface area (Å²) in [6, 6.07) is 4.08. The average molecular weight is 489 g/mol. The summed E-state index contributed by atoms with van der Waals surface area (Å²) in [4.78, 5) is 5.55. The second-order valence-corrected chi connectivity index (χ2v) is 9.80. The SMILES string of the molecule is C=C/C=C(\C=C/C)Cc1c(C#Cc2ccc(C(C)C)nc2)sc2c1CO[C@@H](S)c1nnc(C)n1-2. The molecule has 0 unspecified atom stereocenters. The first-order valence-corrected chi connectivity index (χ1v) is 12.5. The summed E-state index contributed by atoms with van der Waals surface area (Å²) in [6.45, 7) is 12.5. The number of aryl methyl sites for hydroxylation is 1. The van der Waals surface area contributed by atoms with Crippen LogP contribution in [0.25, 0.3) is 5.00 Å². The van der Waals surface area contributed by atoms with Gasteiger partial charge in [-0.25, -0.2) is 0 Å². The molecule has 0 radical (unpaired) electrons. The van der Waals surface area contributed by atoms with Crippen LogP contribution in [-0.4, -0.2) is 19.7 Å². The van der Waals surface area contributed by atoms with Gasteiger partial charge in [-0.15, -0.1) is 34.2 Å². The molecule has 3 aromatic rings. The Morgan fingerprint density at radius 2 is 2.18 bits per heavy atom. The monoisotopic (exact) mass is 488 g/mol. The highest BCUT2D eigenvalue weighted by Gasteiger charge is 2.29. The molecule has 0 fully saturated rings. The van der Waals surface area contributed by atoms with E-state index in [1.54, 1.807) is 11.3 Å². The summed E-state index contributed by atoms with van der Waals surface area (Å²) in [7, 11) is 0. The van der Waals surface area contributed by atoms with Crippen LogP contribution in [0.1, 0.15) is 71.0 Å². The Morgan fingerprint density at radius 1 is 1.35 bits per heavy atom. The number of ether oxygens (including phenoxy) is 1. The van der Waals surface area contributed by atoms with Gasteiger partial charge in [0.05, 0.1) is 11.5 Å². The molecule has 1 atom stereocenters. The second-order valence-electron chi connectivity index (χ2n) is 8.33. The van der Waals surface area contributed by atoms with Crippen LogP contribution in [0.3, 0.4) is 0 Å². The summed E-state index contributed by atoms with van der Waals surface area (Å²) in [5.41, 5.74) is 4.91. The molecule has 5 nitrogen and oxygen atoms in total. The third-order valence-corrected chi connectivity index (χ3v) is 7.10. The molecule has 0 saturated heterocycles. The molecule has 0 aliphatic carbocycles. The number of thiophene rings is 1. The molecule has 34 heavy (non-hydrogen) atoms. The Balaban J connectivity index is 1.84. The number of hydrogen-bond donors (Lipinski definition) is 1. The fourth-order valence-corrected chi connectivity index (χ4v) is 5.30. The molecular formula is C27H28N4OS2. The van der Waals surface area contributed by atoms with Gasteiger partial charge in [-0.05, 0) is 49.5 Å². The first kappa shape index (κ1) is 24.2. The zero-order valence-corrected chi connectivity index (χ0v) is 21.6. The lowest BCUT2D eigenvalue weighted by atomic mass is 10.00. The van der Waals surface area contributed by atoms with E-state index in [1.807, 2.05) is 55.0 Å². The van der Waals surface area contributed by atoms with Crippen molar-refractivity contribution in [2.24, 2.45) is 0 Å². The van der Waals surface area contributed by atoms with Crippen LogP contribution in [0.5, 0.6) is 0 Å². The normalized spacial score (nSPS) is 15.6. The van der Waals surface area contributed by atoms with Crippen molar-refractivity contribution < 1.29 is 4.74 Å². The number of allylic oxidation sites excluding steroid dienone is 5. The van der Waals surface area contributed by atoms with Crippen molar-refractivity contribution in [3.63, 3.8) is 0 Å². The molecule has 0 aromatic carbocycles. The van der Waals surface area contributed by atoms with Gasteiger partial charge in [-0.1, -0.05) is 56.6 Å². The van der Waals surface area contributed by atoms with Crippen molar-refractivity contribution in [3.05, 3.63) is 93.7 Å². The van der Waals surface area contributed by atoms with Crippen LogP contribution in [0.4, 0.5) is 0 Å². The predicted octanol–water partition coefficient (Wildman–Crippen LogP) is 6.25. The molecule has 1 aliphatic heterocycles. The Kier molecular flexibility index (Phi) is 7.52. The molecular weight excluding hydrogens is 460 g/mol. The third-order valence-electron chi connectivity index (χ3n) is 5.55. The Morgan fingerprint density at radius 3 is 2.85 bits per heavy atom. The van der Waals surface area contributed by atoms with Crippen LogP contribution >= 0.6 is 24.0 Å². The fraction of sp³-hybridized carbons (Fsp3) is 0.296. The number of nitrogens with zero attached hydrogens (tertiary/aromatic N) is 4. The van der Waals surface area contributed by atoms with Crippen LogP contribution in [0.15, 0.2) is 54.8 Å². The zero-order chi connectivity index (χ0) is 24.2. The van der Waals surface area contributed by atoms with Gasteiger partial charge < -0.3 is 4.74 Å². The van der Waals surface area contributed by atoms with E-state index in [-0.39, 0.29) is 0 Å². The molecule has 0 spiro atoms. The van der Waals surface area contributed by atoms with Gasteiger partial charge in [-0.3, -0.25) is 9.55 Å². The van der Waals surface area contributed by atoms with E-state index in [2.05, 4.69) is 66.2 Å². The molecule has 0 amide bonds. The number of aromatic nitrogens is 4. The maximum absolute atomic E-state index is 6.05. The maximum atomic E-state index is 6.05. The average Bonchev–Trinajstić information content (AvgIpc) is 3.32. The fourth-order valence-electron chi connectivity index (χ4n) is 3.82. The van der Waals surface area contributed by atoms with Crippen LogP contribution in [0, 0.1) is 18.8 Å². The number of fused-ring (bicyclic) bond motifs is 3. The van der Waals surface area contributed by atoms with Crippen molar-refractivity contribution in [1.82, 2.24) is 19.7 Å². The summed E-state index contributed by atoms with van der Waals surface area (Å²) in [6.07, 6.45) is 10.6. The number of pyridine rings is 1. The minimum Gasteiger partial charge on any atom is -0.355 e. The zero-order valence-electron chi connectivity index (χ0n) is 19.9. The first-order chi connectivity index (χ1) is 16.4. The second kappa shape index (κ2) is 10.6. The van der Waals surface area contributed by atoms with E-state index in [0.717, 1.165) is 43.7 Å². The van der Waals surface area contributed by atoms with E-state index < -0.39 is 5.44 Å². The van der Waals surface area contributed by atoms with E-state index in [4.69, 9.17) is 4.74 Å². The van der Waals surface area contributed by atoms with Crippen molar-refractivity contribution in [2.45, 2.75) is 52.1 Å². The Hall–Kier alpha value is -2.92. The van der Waals surface area contributed by atoms with Gasteiger partial charge in [-0.2, -0.15) is 0 Å². The van der Waals surface area contributed by atoms with E-state index in [9.17, 15) is 0 Å². The largest absolute Gasteiger partial charge is 0.355 e. The highest BCUT2D eigenvalue weighted by Crippen LogP contribution is 2.40. The van der Waals surface area contributed by atoms with Crippen molar-refractivity contribution in [3.8, 4) is 16.8 Å². The van der Waals surface area contributed by atoms with Gasteiger partial charge in [0.1, 0.15) is 10.8 Å². The third kappa shape index (κ3) is 4.95. The highest BCUT2D eigenvalue weighted by atomic mass is 32.1. The Labute approximate surface area is 210 Å². The minimum atomic E-state index is -0.438. The first-order valence-electron chi connectivity index (χ1n) is 11.2. The highest BCUT2D eigenvalue weighted by molar-refractivity contribution is 7.80. The van der Waals surface area contributed by atoms with Crippen LogP contribution < -0.4 is 0 Å². The lowest BCUT2D eigenvalue weighted by Gasteiger charge is -2.09. The molecule has 174 valence electrons. The summed E-state index contributed by atoms with van der Waals surface area (Å²) in [5.74, 6) is 8.62. The molecule has 4 rings (SSSR count). The predicted molar refractivity (Wildman–Crippen MR) is 142 cm³/mol. The lowest BCUT2D eigenvalue weighted by molar-refractivity contribution is 0.0982. The van der Waals surface area contributed by atoms with Gasteiger partial charge in [0.2, 0.25) is 0 Å². The lowest BCUT2D eigenvalue weighted by Crippen LogP contribution is -2.02. The maximum Gasteiger partial charge on any atom is 0.177 e. The number of thiol groups is 1. The van der Waals surface area contributed by atoms with Gasteiger partial charge >= 0.3 is 0 Å². The minimum absolute atomic E-state index is 0.389. The quantitative estimate of drug-likeness (QED) is 0.262. The summed E-state index contributed by atoms with van der Waals surface area (Å²) in [5, 5.41) is 9.63. The Bertz CT molecular complexity index is 1320. The standard InChI is InChI=1S/C27H28N4OS2/c1-6-8-19(9-7-2)14-21-22-16-32-27(33)25-30-29-18(5)31(25)26(22)34-24(21)13-11-20-10-12-23(17(3)4)28-15-20/h6-10,12,15,17,27,33H,1,14,16H2,2-5H3/b9-7-,19-8+/t27-/m0/s1. The molecule has 0 bridgehead atoms. The summed E-state index contributed by atoms with van der Waals surface area (Å²) < 4.78 is 8.10. The van der Waals surface area contributed by atoms with Crippen molar-refractivity contribution >= 4 is 24.0 Å². The topological polar surface area (TPSA) is 52.8 Å². The van der Waals surface area contributed by atoms with Crippen LogP contribution in [-0.2, 0) is 17.8 Å². The number of hydrogen-bond acceptors (Lipinski definition) is 6. The van der Waals surface area contributed by atoms with Gasteiger partial charge in [0, 0.05) is 23.0 Å². The van der Waals surface area contributed by atoms with E-state index in [0.29, 0.717) is 24.8 Å². The molecule has 1 aliphatic rings. The van der Waals surface area contributed by atoms with Gasteiger partial charge in [0.15, 0.2) is 11.3 Å². The molecule has 4 heterocycles. The van der Waals surface area contributed by atoms with Gasteiger partial charge in [0.25, 0.3) is 0 Å². The van der Waals surface area contributed by atoms with E-state index >= 15 is 0 Å². The number of rotatable bonds is 5. The molecule has 0 N–H and O–H groups in total.